The van der Waals surface area contributed by atoms with E-state index in [1.165, 1.54) is 23.2 Å². The van der Waals surface area contributed by atoms with Crippen molar-refractivity contribution in [1.29, 1.82) is 0 Å². The molecule has 0 saturated carbocycles. The van der Waals surface area contributed by atoms with Crippen LogP contribution in [0.15, 0.2) is 16.9 Å². The number of fused-ring (bicyclic) bond motifs is 1. The average Bonchev–Trinajstić information content (AvgIpc) is 3.17. The summed E-state index contributed by atoms with van der Waals surface area (Å²) in [5.74, 6) is 1.78. The van der Waals surface area contributed by atoms with Gasteiger partial charge >= 0.3 is 0 Å². The number of aromatic nitrogens is 5. The van der Waals surface area contributed by atoms with Crippen molar-refractivity contribution in [3.63, 3.8) is 0 Å². The maximum atomic E-state index is 12.9. The molecule has 0 N–H and O–H groups in total. The Morgan fingerprint density at radius 3 is 2.84 bits per heavy atom. The molecule has 0 bridgehead atoms. The van der Waals surface area contributed by atoms with Crippen molar-refractivity contribution < 1.29 is 4.79 Å². The van der Waals surface area contributed by atoms with Gasteiger partial charge in [0, 0.05) is 32.6 Å². The number of rotatable bonds is 2. The molecule has 4 heterocycles. The largest absolute Gasteiger partial charge is 0.327 e. The molecule has 2 aromatic heterocycles. The maximum absolute atomic E-state index is 12.9. The second-order valence-electron chi connectivity index (χ2n) is 6.77. The highest BCUT2D eigenvalue weighted by Gasteiger charge is 2.35. The Balaban J connectivity index is 1.64. The fourth-order valence-electron chi connectivity index (χ4n) is 3.80. The Kier molecular flexibility index (Phi) is 4.10. The summed E-state index contributed by atoms with van der Waals surface area (Å²) in [6, 6.07) is 2.82. The molecule has 8 heteroatoms. The number of likely N-dealkylation sites (tertiary alicyclic amines) is 1. The first kappa shape index (κ1) is 16.0. The molecule has 1 amide bonds. The molecule has 2 aliphatic heterocycles. The quantitative estimate of drug-likeness (QED) is 0.815. The Hall–Kier alpha value is -2.51. The summed E-state index contributed by atoms with van der Waals surface area (Å²) < 4.78 is 3.40. The van der Waals surface area contributed by atoms with Crippen LogP contribution in [-0.2, 0) is 20.0 Å². The molecule has 0 spiro atoms. The number of carbonyl (C=O) groups is 1. The van der Waals surface area contributed by atoms with Crippen molar-refractivity contribution in [3.8, 4) is 0 Å². The van der Waals surface area contributed by atoms with Crippen molar-refractivity contribution >= 4 is 5.91 Å². The van der Waals surface area contributed by atoms with E-state index in [0.29, 0.717) is 12.2 Å². The van der Waals surface area contributed by atoms with Gasteiger partial charge in [-0.3, -0.25) is 9.59 Å². The lowest BCUT2D eigenvalue weighted by atomic mass is 10.2. The van der Waals surface area contributed by atoms with E-state index in [0.717, 1.165) is 50.3 Å². The lowest BCUT2D eigenvalue weighted by Gasteiger charge is -2.24. The first-order valence-corrected chi connectivity index (χ1v) is 8.92. The zero-order chi connectivity index (χ0) is 17.4. The lowest BCUT2D eigenvalue weighted by Crippen LogP contribution is -2.34. The van der Waals surface area contributed by atoms with Crippen LogP contribution in [0.25, 0.3) is 0 Å². The van der Waals surface area contributed by atoms with E-state index in [1.807, 2.05) is 4.90 Å². The third-order valence-electron chi connectivity index (χ3n) is 5.13. The predicted molar refractivity (Wildman–Crippen MR) is 90.1 cm³/mol. The summed E-state index contributed by atoms with van der Waals surface area (Å²) in [6.07, 6.45) is 6.25. The molecule has 132 valence electrons. The highest BCUT2D eigenvalue weighted by Crippen LogP contribution is 2.33. The normalized spacial score (nSPS) is 20.4. The van der Waals surface area contributed by atoms with E-state index in [2.05, 4.69) is 19.9 Å². The second-order valence-corrected chi connectivity index (χ2v) is 6.77. The van der Waals surface area contributed by atoms with Gasteiger partial charge in [-0.2, -0.15) is 5.10 Å². The van der Waals surface area contributed by atoms with E-state index in [-0.39, 0.29) is 17.5 Å². The molecule has 1 atom stereocenters. The summed E-state index contributed by atoms with van der Waals surface area (Å²) in [6.45, 7) is 1.60. The summed E-state index contributed by atoms with van der Waals surface area (Å²) in [5, 5.41) is 12.9. The van der Waals surface area contributed by atoms with E-state index in [9.17, 15) is 9.59 Å². The minimum Gasteiger partial charge on any atom is -0.327 e. The van der Waals surface area contributed by atoms with Crippen LogP contribution in [0.1, 0.15) is 60.3 Å². The van der Waals surface area contributed by atoms with Gasteiger partial charge in [0.15, 0.2) is 5.82 Å². The molecule has 2 aromatic rings. The summed E-state index contributed by atoms with van der Waals surface area (Å²) in [7, 11) is 1.55. The SMILES string of the molecule is Cn1nc(C(=O)N2CCC[C@@H]2c2nnc3n2CCCCC3)ccc1=O. The molecular formula is C17H22N6O2. The van der Waals surface area contributed by atoms with Gasteiger partial charge in [0.25, 0.3) is 11.5 Å². The van der Waals surface area contributed by atoms with Crippen molar-refractivity contribution in [2.24, 2.45) is 7.05 Å². The van der Waals surface area contributed by atoms with Crippen molar-refractivity contribution in [3.05, 3.63) is 39.8 Å². The van der Waals surface area contributed by atoms with Crippen LogP contribution < -0.4 is 5.56 Å². The van der Waals surface area contributed by atoms with Crippen molar-refractivity contribution in [2.75, 3.05) is 6.54 Å². The number of nitrogens with zero attached hydrogens (tertiary/aromatic N) is 6. The van der Waals surface area contributed by atoms with Crippen molar-refractivity contribution in [1.82, 2.24) is 29.4 Å². The van der Waals surface area contributed by atoms with Crippen LogP contribution in [0.2, 0.25) is 0 Å². The van der Waals surface area contributed by atoms with Gasteiger partial charge in [-0.05, 0) is 31.7 Å². The van der Waals surface area contributed by atoms with Gasteiger partial charge in [0.05, 0.1) is 6.04 Å². The van der Waals surface area contributed by atoms with Crippen LogP contribution in [0, 0.1) is 0 Å². The summed E-state index contributed by atoms with van der Waals surface area (Å²) in [4.78, 5) is 26.3. The fourth-order valence-corrected chi connectivity index (χ4v) is 3.80. The van der Waals surface area contributed by atoms with Gasteiger partial charge in [0.2, 0.25) is 0 Å². The topological polar surface area (TPSA) is 85.9 Å². The standard InChI is InChI=1S/C17H22N6O2/c1-21-15(24)9-8-12(20-21)17(25)22-11-5-6-13(22)16-19-18-14-7-3-2-4-10-23(14)16/h8-9,13H,2-7,10-11H2,1H3/t13-/m1/s1. The van der Waals surface area contributed by atoms with Gasteiger partial charge in [-0.25, -0.2) is 4.68 Å². The average molecular weight is 342 g/mol. The van der Waals surface area contributed by atoms with E-state index in [1.54, 1.807) is 7.05 Å². The molecule has 0 aliphatic carbocycles. The smallest absolute Gasteiger partial charge is 0.274 e. The molecule has 25 heavy (non-hydrogen) atoms. The van der Waals surface area contributed by atoms with Gasteiger partial charge in [0.1, 0.15) is 11.5 Å². The summed E-state index contributed by atoms with van der Waals surface area (Å²) >= 11 is 0. The molecular weight excluding hydrogens is 320 g/mol. The minimum absolute atomic E-state index is 0.0640. The molecule has 2 aliphatic rings. The third kappa shape index (κ3) is 2.85. The highest BCUT2D eigenvalue weighted by molar-refractivity contribution is 5.92. The molecule has 1 saturated heterocycles. The molecule has 0 aromatic carbocycles. The minimum atomic E-state index is -0.225. The maximum Gasteiger partial charge on any atom is 0.274 e. The van der Waals surface area contributed by atoms with Crippen LogP contribution >= 0.6 is 0 Å². The Morgan fingerprint density at radius 2 is 2.00 bits per heavy atom. The third-order valence-corrected chi connectivity index (χ3v) is 5.13. The summed E-state index contributed by atoms with van der Waals surface area (Å²) in [5.41, 5.74) is 0.0712. The van der Waals surface area contributed by atoms with Crippen molar-refractivity contribution in [2.45, 2.75) is 51.1 Å². The zero-order valence-corrected chi connectivity index (χ0v) is 14.4. The molecule has 4 rings (SSSR count). The fraction of sp³-hybridized carbons (Fsp3) is 0.588. The Bertz CT molecular complexity index is 855. The highest BCUT2D eigenvalue weighted by atomic mass is 16.2. The molecule has 0 unspecified atom stereocenters. The van der Waals surface area contributed by atoms with E-state index < -0.39 is 0 Å². The first-order chi connectivity index (χ1) is 12.1. The van der Waals surface area contributed by atoms with Gasteiger partial charge in [-0.15, -0.1) is 10.2 Å². The number of aryl methyl sites for hydroxylation is 2. The molecule has 0 radical (unpaired) electrons. The molecule has 1 fully saturated rings. The predicted octanol–water partition coefficient (Wildman–Crippen LogP) is 1.08. The van der Waals surface area contributed by atoms with Gasteiger partial charge < -0.3 is 9.47 Å². The van der Waals surface area contributed by atoms with E-state index >= 15 is 0 Å². The van der Waals surface area contributed by atoms with Crippen LogP contribution in [0.4, 0.5) is 0 Å². The van der Waals surface area contributed by atoms with Gasteiger partial charge in [-0.1, -0.05) is 6.42 Å². The number of hydrogen-bond donors (Lipinski definition) is 0. The Morgan fingerprint density at radius 1 is 1.12 bits per heavy atom. The monoisotopic (exact) mass is 342 g/mol. The zero-order valence-electron chi connectivity index (χ0n) is 14.4. The van der Waals surface area contributed by atoms with Crippen LogP contribution in [0.5, 0.6) is 0 Å². The Labute approximate surface area is 145 Å². The lowest BCUT2D eigenvalue weighted by molar-refractivity contribution is 0.0718. The number of amides is 1. The number of hydrogen-bond acceptors (Lipinski definition) is 5. The molecule has 8 nitrogen and oxygen atoms in total. The van der Waals surface area contributed by atoms with Crippen LogP contribution in [-0.4, -0.2) is 41.9 Å². The second kappa shape index (κ2) is 6.42. The number of carbonyl (C=O) groups excluding carboxylic acids is 1. The first-order valence-electron chi connectivity index (χ1n) is 8.92. The van der Waals surface area contributed by atoms with Crippen LogP contribution in [0.3, 0.4) is 0 Å². The van der Waals surface area contributed by atoms with E-state index in [4.69, 9.17) is 0 Å².